The molecule has 3 N–H and O–H groups in total. The molecule has 0 saturated heterocycles. The average Bonchev–Trinajstić information content (AvgIpc) is 3.46. The Kier molecular flexibility index (Phi) is 7.16. The maximum atomic E-state index is 12.5. The number of aliphatic carboxylic acids is 1. The first-order valence-corrected chi connectivity index (χ1v) is 12.4. The Hall–Kier alpha value is -3.72. The first-order chi connectivity index (χ1) is 16.9. The van der Waals surface area contributed by atoms with Gasteiger partial charge in [0.1, 0.15) is 12.3 Å². The SMILES string of the molecule is CCC(CC)(CNC(=O)c1csc(NC(=O)OCC2c3ccccc3-c3ccccc32)n1)C(=O)O. The summed E-state index contributed by atoms with van der Waals surface area (Å²) >= 11 is 1.09. The predicted octanol–water partition coefficient (Wildman–Crippen LogP) is 5.12. The Balaban J connectivity index is 1.34. The van der Waals surface area contributed by atoms with Crippen LogP contribution in [0.2, 0.25) is 0 Å². The summed E-state index contributed by atoms with van der Waals surface area (Å²) in [7, 11) is 0. The summed E-state index contributed by atoms with van der Waals surface area (Å²) in [6.45, 7) is 3.73. The summed E-state index contributed by atoms with van der Waals surface area (Å²) in [5, 5.41) is 16.5. The number of rotatable bonds is 9. The number of nitrogens with one attached hydrogen (secondary N) is 2. The molecule has 0 unspecified atom stereocenters. The topological polar surface area (TPSA) is 118 Å². The van der Waals surface area contributed by atoms with Crippen molar-refractivity contribution in [3.8, 4) is 11.1 Å². The average molecular weight is 494 g/mol. The summed E-state index contributed by atoms with van der Waals surface area (Å²) in [6.07, 6.45) is 0.130. The molecule has 182 valence electrons. The van der Waals surface area contributed by atoms with E-state index >= 15 is 0 Å². The summed E-state index contributed by atoms with van der Waals surface area (Å²) in [5.41, 5.74) is 3.61. The van der Waals surface area contributed by atoms with Crippen LogP contribution in [0.25, 0.3) is 11.1 Å². The van der Waals surface area contributed by atoms with Gasteiger partial charge in [0.2, 0.25) is 0 Å². The number of carbonyl (C=O) groups excluding carboxylic acids is 2. The minimum Gasteiger partial charge on any atom is -0.481 e. The number of nitrogens with zero attached hydrogens (tertiary/aromatic N) is 1. The van der Waals surface area contributed by atoms with Gasteiger partial charge in [0.15, 0.2) is 5.13 Å². The summed E-state index contributed by atoms with van der Waals surface area (Å²) in [5.74, 6) is -1.49. The number of carbonyl (C=O) groups is 3. The number of fused-ring (bicyclic) bond motifs is 3. The van der Waals surface area contributed by atoms with Gasteiger partial charge >= 0.3 is 12.1 Å². The van der Waals surface area contributed by atoms with Crippen molar-refractivity contribution in [1.82, 2.24) is 10.3 Å². The van der Waals surface area contributed by atoms with Gasteiger partial charge in [-0.2, -0.15) is 0 Å². The second kappa shape index (κ2) is 10.3. The molecule has 2 amide bonds. The number of anilines is 1. The molecule has 8 nitrogen and oxygen atoms in total. The van der Waals surface area contributed by atoms with E-state index in [0.717, 1.165) is 33.6 Å². The lowest BCUT2D eigenvalue weighted by molar-refractivity contribution is -0.149. The fourth-order valence-electron chi connectivity index (χ4n) is 4.38. The molecular weight excluding hydrogens is 466 g/mol. The number of hydrogen-bond acceptors (Lipinski definition) is 6. The third-order valence-electron chi connectivity index (χ3n) is 6.68. The third kappa shape index (κ3) is 4.90. The number of aromatic nitrogens is 1. The number of hydrogen-bond donors (Lipinski definition) is 3. The molecule has 9 heteroatoms. The van der Waals surface area contributed by atoms with E-state index in [0.29, 0.717) is 12.8 Å². The minimum absolute atomic E-state index is 0.000827. The molecule has 4 rings (SSSR count). The molecule has 1 heterocycles. The van der Waals surface area contributed by atoms with E-state index < -0.39 is 23.4 Å². The third-order valence-corrected chi connectivity index (χ3v) is 7.44. The van der Waals surface area contributed by atoms with Crippen LogP contribution in [0.1, 0.15) is 54.2 Å². The van der Waals surface area contributed by atoms with Gasteiger partial charge < -0.3 is 15.2 Å². The zero-order valence-electron chi connectivity index (χ0n) is 19.5. The van der Waals surface area contributed by atoms with E-state index in [-0.39, 0.29) is 29.9 Å². The van der Waals surface area contributed by atoms with Gasteiger partial charge in [-0.3, -0.25) is 14.9 Å². The van der Waals surface area contributed by atoms with Crippen molar-refractivity contribution in [3.63, 3.8) is 0 Å². The van der Waals surface area contributed by atoms with Gasteiger partial charge in [-0.15, -0.1) is 11.3 Å². The Morgan fingerprint density at radius 2 is 1.63 bits per heavy atom. The molecular formula is C26H27N3O5S. The quantitative estimate of drug-likeness (QED) is 0.381. The number of carboxylic acid groups (broad SMARTS) is 1. The van der Waals surface area contributed by atoms with Crippen molar-refractivity contribution in [1.29, 1.82) is 0 Å². The fourth-order valence-corrected chi connectivity index (χ4v) is 5.05. The highest BCUT2D eigenvalue weighted by Crippen LogP contribution is 2.44. The van der Waals surface area contributed by atoms with Crippen LogP contribution in [-0.2, 0) is 9.53 Å². The highest BCUT2D eigenvalue weighted by Gasteiger charge is 2.35. The second-order valence-corrected chi connectivity index (χ2v) is 9.32. The van der Waals surface area contributed by atoms with Crippen LogP contribution < -0.4 is 10.6 Å². The zero-order valence-corrected chi connectivity index (χ0v) is 20.4. The van der Waals surface area contributed by atoms with Gasteiger partial charge in [-0.05, 0) is 35.1 Å². The molecule has 1 aliphatic carbocycles. The highest BCUT2D eigenvalue weighted by molar-refractivity contribution is 7.14. The van der Waals surface area contributed by atoms with E-state index in [1.807, 2.05) is 36.4 Å². The van der Waals surface area contributed by atoms with Crippen molar-refractivity contribution in [2.24, 2.45) is 5.41 Å². The first kappa shape index (κ1) is 24.4. The molecule has 35 heavy (non-hydrogen) atoms. The van der Waals surface area contributed by atoms with Crippen LogP contribution >= 0.6 is 11.3 Å². The Morgan fingerprint density at radius 3 is 2.20 bits per heavy atom. The van der Waals surface area contributed by atoms with Crippen LogP contribution in [0.3, 0.4) is 0 Å². The Labute approximate surface area is 207 Å². The smallest absolute Gasteiger partial charge is 0.413 e. The number of carboxylic acids is 1. The number of thiazole rings is 1. The Bertz CT molecular complexity index is 1210. The lowest BCUT2D eigenvalue weighted by Gasteiger charge is -2.26. The van der Waals surface area contributed by atoms with Gasteiger partial charge in [0.05, 0.1) is 5.41 Å². The Morgan fingerprint density at radius 1 is 1.03 bits per heavy atom. The second-order valence-electron chi connectivity index (χ2n) is 8.46. The summed E-state index contributed by atoms with van der Waals surface area (Å²) in [6, 6.07) is 16.2. The lowest BCUT2D eigenvalue weighted by atomic mass is 9.82. The van der Waals surface area contributed by atoms with Crippen molar-refractivity contribution in [2.75, 3.05) is 18.5 Å². The fraction of sp³-hybridized carbons (Fsp3) is 0.308. The normalized spacial score (nSPS) is 12.5. The maximum absolute atomic E-state index is 12.5. The number of amides is 2. The molecule has 0 fully saturated rings. The lowest BCUT2D eigenvalue weighted by Crippen LogP contribution is -2.42. The van der Waals surface area contributed by atoms with E-state index in [9.17, 15) is 19.5 Å². The molecule has 0 radical (unpaired) electrons. The van der Waals surface area contributed by atoms with Gasteiger partial charge in [0, 0.05) is 17.8 Å². The van der Waals surface area contributed by atoms with Crippen LogP contribution in [0.15, 0.2) is 53.9 Å². The van der Waals surface area contributed by atoms with E-state index in [2.05, 4.69) is 27.8 Å². The van der Waals surface area contributed by atoms with Gasteiger partial charge in [-0.1, -0.05) is 62.4 Å². The van der Waals surface area contributed by atoms with Gasteiger partial charge in [-0.25, -0.2) is 9.78 Å². The van der Waals surface area contributed by atoms with Crippen LogP contribution in [-0.4, -0.2) is 41.2 Å². The predicted molar refractivity (Wildman–Crippen MR) is 134 cm³/mol. The van der Waals surface area contributed by atoms with Crippen LogP contribution in [0.5, 0.6) is 0 Å². The van der Waals surface area contributed by atoms with Crippen LogP contribution in [0.4, 0.5) is 9.93 Å². The molecule has 1 aromatic heterocycles. The molecule has 0 saturated carbocycles. The molecule has 0 atom stereocenters. The molecule has 0 bridgehead atoms. The van der Waals surface area contributed by atoms with Gasteiger partial charge in [0.25, 0.3) is 5.91 Å². The van der Waals surface area contributed by atoms with Crippen molar-refractivity contribution in [2.45, 2.75) is 32.6 Å². The summed E-state index contributed by atoms with van der Waals surface area (Å²) in [4.78, 5) is 40.7. The van der Waals surface area contributed by atoms with E-state index in [4.69, 9.17) is 4.74 Å². The molecule has 2 aromatic carbocycles. The first-order valence-electron chi connectivity index (χ1n) is 11.5. The van der Waals surface area contributed by atoms with Crippen molar-refractivity contribution in [3.05, 3.63) is 70.7 Å². The number of benzene rings is 2. The van der Waals surface area contributed by atoms with Crippen molar-refractivity contribution < 1.29 is 24.2 Å². The molecule has 0 spiro atoms. The largest absolute Gasteiger partial charge is 0.481 e. The number of ether oxygens (including phenoxy) is 1. The molecule has 1 aliphatic rings. The zero-order chi connectivity index (χ0) is 25.0. The van der Waals surface area contributed by atoms with E-state index in [1.165, 1.54) is 5.38 Å². The highest BCUT2D eigenvalue weighted by atomic mass is 32.1. The van der Waals surface area contributed by atoms with Crippen LogP contribution in [0, 0.1) is 5.41 Å². The summed E-state index contributed by atoms with van der Waals surface area (Å²) < 4.78 is 5.51. The maximum Gasteiger partial charge on any atom is 0.413 e. The van der Waals surface area contributed by atoms with Crippen molar-refractivity contribution >= 4 is 34.4 Å². The molecule has 3 aromatic rings. The minimum atomic E-state index is -1.02. The molecule has 0 aliphatic heterocycles. The monoisotopic (exact) mass is 493 g/mol. The standard InChI is InChI=1S/C26H27N3O5S/c1-3-26(4-2,23(31)32)15-27-22(30)21-14-35-24(28-21)29-25(33)34-13-20-18-11-7-5-9-16(18)17-10-6-8-12-19(17)20/h5-12,14,20H,3-4,13,15H2,1-2H3,(H,27,30)(H,31,32)(H,28,29,33). The van der Waals surface area contributed by atoms with E-state index in [1.54, 1.807) is 13.8 Å².